The molecule has 1 fully saturated rings. The summed E-state index contributed by atoms with van der Waals surface area (Å²) in [5.74, 6) is 0.0467. The molecule has 13 N–H and O–H groups in total. The minimum absolute atomic E-state index is 0. The van der Waals surface area contributed by atoms with Gasteiger partial charge in [-0.05, 0) is 84.6 Å². The number of ether oxygens (including phenoxy) is 1. The Morgan fingerprint density at radius 3 is 2.33 bits per heavy atom. The van der Waals surface area contributed by atoms with E-state index in [2.05, 4.69) is 14.6 Å². The highest BCUT2D eigenvalue weighted by atomic mass is 31.2. The van der Waals surface area contributed by atoms with Crippen molar-refractivity contribution in [2.45, 2.75) is 76.3 Å². The van der Waals surface area contributed by atoms with Gasteiger partial charge in [-0.2, -0.15) is 0 Å². The van der Waals surface area contributed by atoms with Crippen molar-refractivity contribution in [1.82, 2.24) is 5.32 Å². The van der Waals surface area contributed by atoms with Crippen LogP contribution < -0.4 is 32.1 Å². The first-order valence-corrected chi connectivity index (χ1v) is 15.8. The van der Waals surface area contributed by atoms with Crippen LogP contribution in [0.3, 0.4) is 0 Å². The molecule has 236 valence electrons. The first-order chi connectivity index (χ1) is 18.5. The number of carbonyl (C=O) groups is 2. The predicted molar refractivity (Wildman–Crippen MR) is 165 cm³/mol. The molecule has 0 aromatic heterocycles. The largest absolute Gasteiger partial charge is 0.492 e. The molecule has 2 aromatic rings. The molecule has 2 unspecified atom stereocenters. The average molecular weight is 630 g/mol. The van der Waals surface area contributed by atoms with Gasteiger partial charge >= 0.3 is 7.60 Å². The lowest BCUT2D eigenvalue weighted by Crippen LogP contribution is -2.43. The molecule has 0 spiro atoms. The lowest BCUT2D eigenvalue weighted by atomic mass is 9.90. The van der Waals surface area contributed by atoms with Gasteiger partial charge in [-0.3, -0.25) is 14.2 Å². The Bertz CT molecular complexity index is 1270. The van der Waals surface area contributed by atoms with Gasteiger partial charge in [0.15, 0.2) is 0 Å². The third kappa shape index (κ3) is 9.56. The second-order valence-corrected chi connectivity index (χ2v) is 13.0. The van der Waals surface area contributed by atoms with Gasteiger partial charge in [0.1, 0.15) is 5.75 Å². The third-order valence-corrected chi connectivity index (χ3v) is 9.55. The van der Waals surface area contributed by atoms with E-state index in [0.717, 1.165) is 43.2 Å². The van der Waals surface area contributed by atoms with Gasteiger partial charge in [0.2, 0.25) is 5.91 Å². The summed E-state index contributed by atoms with van der Waals surface area (Å²) in [5, 5.41) is 3.34. The second-order valence-electron chi connectivity index (χ2n) is 10.8. The van der Waals surface area contributed by atoms with Crippen molar-refractivity contribution in [2.24, 2.45) is 17.4 Å². The first-order valence-electron chi connectivity index (χ1n) is 13.6. The van der Waals surface area contributed by atoms with E-state index in [1.165, 1.54) is 25.3 Å². The van der Waals surface area contributed by atoms with Crippen molar-refractivity contribution < 1.29 is 45.1 Å². The topological polar surface area (TPSA) is 259 Å². The molecule has 14 heteroatoms. The molecular weight excluding hydrogens is 584 g/mol. The summed E-state index contributed by atoms with van der Waals surface area (Å²) in [6.45, 7) is 0.565. The van der Waals surface area contributed by atoms with E-state index in [1.54, 1.807) is 18.2 Å². The number of rotatable bonds is 9. The Morgan fingerprint density at radius 1 is 1.02 bits per heavy atom. The van der Waals surface area contributed by atoms with Crippen LogP contribution in [0.25, 0.3) is 0 Å². The van der Waals surface area contributed by atoms with Crippen molar-refractivity contribution in [3.8, 4) is 5.75 Å². The molecule has 12 nitrogen and oxygen atoms in total. The third-order valence-electron chi connectivity index (χ3n) is 7.79. The zero-order valence-corrected chi connectivity index (χ0v) is 25.7. The summed E-state index contributed by atoms with van der Waals surface area (Å²) < 4.78 is 17.9. The molecule has 4 rings (SSSR count). The number of amides is 2. The number of hydrogen-bond donors (Lipinski definition) is 5. The van der Waals surface area contributed by atoms with Crippen LogP contribution in [0.2, 0.25) is 0 Å². The van der Waals surface area contributed by atoms with Crippen molar-refractivity contribution >= 4 is 39.3 Å². The SMILES string of the molecule is NC(=O)c1cc2c(cc1OCC1CCCCC1)CCCCC2NC(=O)[C@@H](N)Cc1ccc(P)c(P(=O)(O)O)c1.O.O.O. The van der Waals surface area contributed by atoms with Gasteiger partial charge in [-0.25, -0.2) is 0 Å². The number of hydrogen-bond acceptors (Lipinski definition) is 5. The molecule has 0 bridgehead atoms. The van der Waals surface area contributed by atoms with Gasteiger partial charge in [-0.15, -0.1) is 9.24 Å². The highest BCUT2D eigenvalue weighted by molar-refractivity contribution is 7.61. The Balaban J connectivity index is 0.00000294. The van der Waals surface area contributed by atoms with Crippen molar-refractivity contribution in [2.75, 3.05) is 6.61 Å². The Morgan fingerprint density at radius 2 is 1.69 bits per heavy atom. The lowest BCUT2D eigenvalue weighted by molar-refractivity contribution is -0.123. The van der Waals surface area contributed by atoms with Gasteiger partial charge in [0, 0.05) is 0 Å². The van der Waals surface area contributed by atoms with Gasteiger partial charge in [0.05, 0.1) is 29.6 Å². The first kappa shape index (κ1) is 37.6. The van der Waals surface area contributed by atoms with Crippen LogP contribution in [-0.4, -0.2) is 50.7 Å². The number of nitrogens with one attached hydrogen (secondary N) is 1. The summed E-state index contributed by atoms with van der Waals surface area (Å²) in [5.41, 5.74) is 14.7. The number of carbonyl (C=O) groups excluding carboxylic acids is 2. The molecule has 0 heterocycles. The quantitative estimate of drug-likeness (QED) is 0.187. The molecule has 2 amide bonds. The number of aryl methyl sites for hydroxylation is 1. The maximum absolute atomic E-state index is 13.1. The van der Waals surface area contributed by atoms with E-state index in [0.29, 0.717) is 41.1 Å². The van der Waals surface area contributed by atoms with Crippen LogP contribution >= 0.6 is 16.8 Å². The molecule has 2 aliphatic rings. The number of fused-ring (bicyclic) bond motifs is 1. The van der Waals surface area contributed by atoms with Crippen LogP contribution in [0.1, 0.15) is 84.5 Å². The lowest BCUT2D eigenvalue weighted by Gasteiger charge is -2.25. The maximum atomic E-state index is 13.1. The van der Waals surface area contributed by atoms with Crippen LogP contribution in [0, 0.1) is 5.92 Å². The molecule has 42 heavy (non-hydrogen) atoms. The maximum Gasteiger partial charge on any atom is 0.356 e. The summed E-state index contributed by atoms with van der Waals surface area (Å²) in [4.78, 5) is 44.7. The minimum Gasteiger partial charge on any atom is -0.492 e. The number of nitrogens with two attached hydrogens (primary N) is 2. The predicted octanol–water partition coefficient (Wildman–Crippen LogP) is 0.0276. The zero-order chi connectivity index (χ0) is 28.2. The summed E-state index contributed by atoms with van der Waals surface area (Å²) in [6, 6.07) is 7.09. The fourth-order valence-electron chi connectivity index (χ4n) is 5.62. The molecule has 2 aliphatic carbocycles. The molecule has 0 radical (unpaired) electrons. The molecule has 1 saturated carbocycles. The van der Waals surface area contributed by atoms with E-state index in [9.17, 15) is 23.9 Å². The summed E-state index contributed by atoms with van der Waals surface area (Å²) in [6.07, 6.45) is 9.38. The Labute approximate surface area is 248 Å². The second kappa shape index (κ2) is 16.4. The van der Waals surface area contributed by atoms with Crippen LogP contribution in [-0.2, 0) is 22.2 Å². The van der Waals surface area contributed by atoms with Crippen LogP contribution in [0.5, 0.6) is 5.75 Å². The molecular formula is C28H45N3O9P2. The van der Waals surface area contributed by atoms with E-state index in [-0.39, 0.29) is 40.1 Å². The van der Waals surface area contributed by atoms with Crippen molar-refractivity contribution in [3.63, 3.8) is 0 Å². The molecule has 0 saturated heterocycles. The normalized spacial score (nSPS) is 17.7. The highest BCUT2D eigenvalue weighted by Gasteiger charge is 2.27. The standard InChI is InChI=1S/C28H39N3O6P2.3H2O/c29-22(12-18-10-11-25(38)26(13-18)39(34,35)36)28(33)31-23-9-5-4-8-19-14-24(21(27(30)32)15-20(19)23)37-16-17-6-2-1-3-7-17;;;/h10-11,13-15,17,22-23H,1-9,12,16,29,38H2,(H2,30,32)(H,31,33)(H2,34,35,36);3*1H2/t22-,23?;;;/m0.../s1. The number of primary amides is 1. The average Bonchev–Trinajstić information content (AvgIpc) is 3.09. The fraction of sp³-hybridized carbons (Fsp3) is 0.500. The highest BCUT2D eigenvalue weighted by Crippen LogP contribution is 2.35. The monoisotopic (exact) mass is 629 g/mol. The van der Waals surface area contributed by atoms with E-state index in [1.807, 2.05) is 6.07 Å². The van der Waals surface area contributed by atoms with Gasteiger partial charge in [-0.1, -0.05) is 37.8 Å². The summed E-state index contributed by atoms with van der Waals surface area (Å²) in [7, 11) is -2.15. The smallest absolute Gasteiger partial charge is 0.356 e. The fourth-order valence-corrected chi connectivity index (χ4v) is 7.05. The van der Waals surface area contributed by atoms with E-state index < -0.39 is 19.5 Å². The van der Waals surface area contributed by atoms with E-state index in [4.69, 9.17) is 16.2 Å². The van der Waals surface area contributed by atoms with Gasteiger partial charge in [0.25, 0.3) is 5.91 Å². The Kier molecular flexibility index (Phi) is 14.7. The van der Waals surface area contributed by atoms with Crippen molar-refractivity contribution in [3.05, 3.63) is 52.6 Å². The van der Waals surface area contributed by atoms with Crippen LogP contribution in [0.15, 0.2) is 30.3 Å². The van der Waals surface area contributed by atoms with Crippen molar-refractivity contribution in [1.29, 1.82) is 0 Å². The summed E-state index contributed by atoms with van der Waals surface area (Å²) >= 11 is 0. The van der Waals surface area contributed by atoms with E-state index >= 15 is 0 Å². The molecule has 0 aliphatic heterocycles. The number of benzene rings is 2. The van der Waals surface area contributed by atoms with Crippen LogP contribution in [0.4, 0.5) is 0 Å². The zero-order valence-electron chi connectivity index (χ0n) is 23.6. The molecule has 2 aromatic carbocycles. The Hall–Kier alpha value is -2.40. The van der Waals surface area contributed by atoms with Gasteiger partial charge < -0.3 is 47.7 Å². The minimum atomic E-state index is -4.46. The molecule has 3 atom stereocenters.